The van der Waals surface area contributed by atoms with E-state index in [9.17, 15) is 13.2 Å². The van der Waals surface area contributed by atoms with Crippen molar-refractivity contribution in [2.45, 2.75) is 49.3 Å². The lowest BCUT2D eigenvalue weighted by atomic mass is 10.1. The summed E-state index contributed by atoms with van der Waals surface area (Å²) in [6.07, 6.45) is 5.49. The summed E-state index contributed by atoms with van der Waals surface area (Å²) in [5, 5.41) is 2.94. The highest BCUT2D eigenvalue weighted by Crippen LogP contribution is 2.47. The van der Waals surface area contributed by atoms with Crippen molar-refractivity contribution in [3.05, 3.63) is 24.2 Å². The van der Waals surface area contributed by atoms with E-state index in [1.807, 2.05) is 12.1 Å². The zero-order valence-corrected chi connectivity index (χ0v) is 13.8. The third-order valence-electron chi connectivity index (χ3n) is 5.14. The van der Waals surface area contributed by atoms with Crippen molar-refractivity contribution >= 4 is 15.9 Å². The lowest BCUT2D eigenvalue weighted by molar-refractivity contribution is -0.123. The van der Waals surface area contributed by atoms with Gasteiger partial charge in [0, 0.05) is 31.0 Å². The van der Waals surface area contributed by atoms with Crippen LogP contribution in [-0.2, 0) is 14.8 Å². The van der Waals surface area contributed by atoms with Crippen LogP contribution in [0.3, 0.4) is 0 Å². The molecule has 1 saturated heterocycles. The van der Waals surface area contributed by atoms with E-state index in [1.54, 1.807) is 10.6 Å². The molecule has 2 atom stereocenters. The van der Waals surface area contributed by atoms with Crippen molar-refractivity contribution in [2.24, 2.45) is 5.92 Å². The maximum absolute atomic E-state index is 12.3. The average molecular weight is 338 g/mol. The highest BCUT2D eigenvalue weighted by atomic mass is 32.2. The number of hydrogen-bond acceptors (Lipinski definition) is 4. The maximum Gasteiger partial charge on any atom is 0.224 e. The Morgan fingerprint density at radius 1 is 1.22 bits per heavy atom. The molecule has 1 aromatic heterocycles. The fourth-order valence-corrected chi connectivity index (χ4v) is 5.31. The second-order valence-electron chi connectivity index (χ2n) is 6.89. The quantitative estimate of drug-likeness (QED) is 0.881. The van der Waals surface area contributed by atoms with Gasteiger partial charge < -0.3 is 9.73 Å². The van der Waals surface area contributed by atoms with Crippen LogP contribution in [0.4, 0.5) is 0 Å². The lowest BCUT2D eigenvalue weighted by Crippen LogP contribution is -2.47. The van der Waals surface area contributed by atoms with Crippen molar-refractivity contribution < 1.29 is 17.6 Å². The van der Waals surface area contributed by atoms with Gasteiger partial charge in [-0.1, -0.05) is 0 Å². The van der Waals surface area contributed by atoms with Crippen LogP contribution >= 0.6 is 0 Å². The Morgan fingerprint density at radius 2 is 1.96 bits per heavy atom. The summed E-state index contributed by atoms with van der Waals surface area (Å²) in [7, 11) is -3.07. The molecule has 0 radical (unpaired) electrons. The van der Waals surface area contributed by atoms with Gasteiger partial charge in [-0.25, -0.2) is 12.7 Å². The van der Waals surface area contributed by atoms with Gasteiger partial charge >= 0.3 is 0 Å². The predicted molar refractivity (Wildman–Crippen MR) is 84.2 cm³/mol. The van der Waals surface area contributed by atoms with Crippen LogP contribution in [0, 0.1) is 5.92 Å². The first-order valence-corrected chi connectivity index (χ1v) is 9.89. The zero-order valence-electron chi connectivity index (χ0n) is 13.0. The first kappa shape index (κ1) is 15.2. The highest BCUT2D eigenvalue weighted by molar-refractivity contribution is 7.90. The Hall–Kier alpha value is -1.34. The van der Waals surface area contributed by atoms with Crippen LogP contribution in [0.2, 0.25) is 0 Å². The standard InChI is InChI=1S/C16H22N2O4S/c19-16(14-10-13(14)15-2-1-9-22-15)17-11-5-7-18(8-6-11)23(20,21)12-3-4-12/h1-2,9,11-14H,3-8,10H2,(H,17,19)/t13-,14+/m1/s1. The molecule has 0 unspecified atom stereocenters. The van der Waals surface area contributed by atoms with Crippen LogP contribution < -0.4 is 5.32 Å². The molecule has 3 aliphatic rings. The third kappa shape index (κ3) is 3.04. The van der Waals surface area contributed by atoms with Gasteiger partial charge in [0.1, 0.15) is 5.76 Å². The van der Waals surface area contributed by atoms with Crippen LogP contribution in [0.25, 0.3) is 0 Å². The average Bonchev–Trinajstić information content (AvgIpc) is 3.46. The number of nitrogens with zero attached hydrogens (tertiary/aromatic N) is 1. The molecule has 1 amide bonds. The number of sulfonamides is 1. The van der Waals surface area contributed by atoms with Gasteiger partial charge in [-0.3, -0.25) is 4.79 Å². The van der Waals surface area contributed by atoms with E-state index in [0.29, 0.717) is 25.9 Å². The second kappa shape index (κ2) is 5.63. The predicted octanol–water partition coefficient (Wildman–Crippen LogP) is 1.46. The molecule has 0 bridgehead atoms. The molecule has 7 heteroatoms. The van der Waals surface area contributed by atoms with Gasteiger partial charge in [-0.05, 0) is 44.2 Å². The molecule has 23 heavy (non-hydrogen) atoms. The van der Waals surface area contributed by atoms with Crippen LogP contribution in [-0.4, -0.2) is 43.0 Å². The molecule has 3 fully saturated rings. The number of amides is 1. The fraction of sp³-hybridized carbons (Fsp3) is 0.688. The van der Waals surface area contributed by atoms with Gasteiger partial charge in [0.25, 0.3) is 0 Å². The number of nitrogens with one attached hydrogen (secondary N) is 1. The summed E-state index contributed by atoms with van der Waals surface area (Å²) in [6, 6.07) is 3.85. The van der Waals surface area contributed by atoms with Crippen LogP contribution in [0.15, 0.2) is 22.8 Å². The number of carbonyl (C=O) groups excluding carboxylic acids is 1. The first-order valence-electron chi connectivity index (χ1n) is 8.38. The Kier molecular flexibility index (Phi) is 3.72. The maximum atomic E-state index is 12.3. The SMILES string of the molecule is O=C(NC1CCN(S(=O)(=O)C2CC2)CC1)[C@H]1C[C@H]1c1ccco1. The number of hydrogen-bond donors (Lipinski definition) is 1. The zero-order chi connectivity index (χ0) is 16.0. The Balaban J connectivity index is 1.26. The minimum Gasteiger partial charge on any atom is -0.469 e. The van der Waals surface area contributed by atoms with Gasteiger partial charge in [0.15, 0.2) is 0 Å². The monoisotopic (exact) mass is 338 g/mol. The van der Waals surface area contributed by atoms with Gasteiger partial charge in [-0.15, -0.1) is 0 Å². The Labute approximate surface area is 136 Å². The summed E-state index contributed by atoms with van der Waals surface area (Å²) in [6.45, 7) is 1.05. The van der Waals surface area contributed by atoms with E-state index in [-0.39, 0.29) is 29.0 Å². The van der Waals surface area contributed by atoms with Crippen molar-refractivity contribution in [3.8, 4) is 0 Å². The second-order valence-corrected chi connectivity index (χ2v) is 9.10. The summed E-state index contributed by atoms with van der Waals surface area (Å²) in [4.78, 5) is 12.3. The van der Waals surface area contributed by atoms with E-state index in [1.165, 1.54) is 0 Å². The number of furan rings is 1. The van der Waals surface area contributed by atoms with Crippen molar-refractivity contribution in [2.75, 3.05) is 13.1 Å². The summed E-state index contributed by atoms with van der Waals surface area (Å²) in [5.74, 6) is 1.18. The van der Waals surface area contributed by atoms with Crippen molar-refractivity contribution in [1.82, 2.24) is 9.62 Å². The number of carbonyl (C=O) groups is 1. The fourth-order valence-electron chi connectivity index (χ4n) is 3.44. The molecule has 1 aliphatic heterocycles. The minimum atomic E-state index is -3.07. The van der Waals surface area contributed by atoms with Crippen LogP contribution in [0.5, 0.6) is 0 Å². The minimum absolute atomic E-state index is 0.00868. The molecule has 2 aliphatic carbocycles. The van der Waals surface area contributed by atoms with E-state index < -0.39 is 10.0 Å². The topological polar surface area (TPSA) is 79.6 Å². The summed E-state index contributed by atoms with van der Waals surface area (Å²) >= 11 is 0. The van der Waals surface area contributed by atoms with Crippen molar-refractivity contribution in [3.63, 3.8) is 0 Å². The molecule has 2 heterocycles. The molecule has 0 spiro atoms. The Morgan fingerprint density at radius 3 is 2.57 bits per heavy atom. The lowest BCUT2D eigenvalue weighted by Gasteiger charge is -2.31. The Bertz CT molecular complexity index is 673. The smallest absolute Gasteiger partial charge is 0.224 e. The molecule has 4 rings (SSSR count). The van der Waals surface area contributed by atoms with Crippen molar-refractivity contribution in [1.29, 1.82) is 0 Å². The van der Waals surface area contributed by atoms with E-state index >= 15 is 0 Å². The summed E-state index contributed by atoms with van der Waals surface area (Å²) < 4.78 is 31.4. The van der Waals surface area contributed by atoms with E-state index in [2.05, 4.69) is 5.32 Å². The molecule has 126 valence electrons. The largest absolute Gasteiger partial charge is 0.469 e. The molecular formula is C16H22N2O4S. The molecule has 0 aromatic carbocycles. The van der Waals surface area contributed by atoms with Gasteiger partial charge in [0.05, 0.1) is 11.5 Å². The normalized spacial score (nSPS) is 29.4. The highest BCUT2D eigenvalue weighted by Gasteiger charge is 2.46. The summed E-state index contributed by atoms with van der Waals surface area (Å²) in [5.41, 5.74) is 0. The molecule has 1 aromatic rings. The molecule has 2 saturated carbocycles. The molecule has 1 N–H and O–H groups in total. The molecular weight excluding hydrogens is 316 g/mol. The number of piperidine rings is 1. The van der Waals surface area contributed by atoms with Crippen LogP contribution in [0.1, 0.15) is 43.8 Å². The van der Waals surface area contributed by atoms with Gasteiger partial charge in [0.2, 0.25) is 15.9 Å². The number of rotatable bonds is 5. The molecule has 6 nitrogen and oxygen atoms in total. The first-order chi connectivity index (χ1) is 11.1. The van der Waals surface area contributed by atoms with E-state index in [4.69, 9.17) is 4.42 Å². The third-order valence-corrected chi connectivity index (χ3v) is 7.54. The van der Waals surface area contributed by atoms with E-state index in [0.717, 1.165) is 25.0 Å². The van der Waals surface area contributed by atoms with Gasteiger partial charge in [-0.2, -0.15) is 0 Å².